The van der Waals surface area contributed by atoms with Crippen molar-refractivity contribution >= 4 is 27.9 Å². The normalized spacial score (nSPS) is 12.7. The van der Waals surface area contributed by atoms with Crippen molar-refractivity contribution < 1.29 is 0 Å². The summed E-state index contributed by atoms with van der Waals surface area (Å²) in [5.41, 5.74) is 2.80. The number of rotatable bonds is 4. The van der Waals surface area contributed by atoms with Crippen molar-refractivity contribution in [1.29, 1.82) is 0 Å². The largest absolute Gasteiger partial charge is 0.305 e. The molecule has 3 rings (SSSR count). The van der Waals surface area contributed by atoms with Crippen LogP contribution in [0.15, 0.2) is 40.5 Å². The molecule has 3 aromatic rings. The molecule has 0 fully saturated rings. The first-order valence-electron chi connectivity index (χ1n) is 7.00. The van der Waals surface area contributed by atoms with Gasteiger partial charge in [0.1, 0.15) is 0 Å². The highest BCUT2D eigenvalue weighted by Crippen LogP contribution is 2.17. The van der Waals surface area contributed by atoms with Crippen LogP contribution in [0, 0.1) is 6.92 Å². The lowest BCUT2D eigenvalue weighted by Crippen LogP contribution is -2.22. The van der Waals surface area contributed by atoms with Crippen molar-refractivity contribution in [2.24, 2.45) is 0 Å². The third-order valence-corrected chi connectivity index (χ3v) is 4.78. The number of halogens is 1. The van der Waals surface area contributed by atoms with E-state index >= 15 is 0 Å². The summed E-state index contributed by atoms with van der Waals surface area (Å²) in [4.78, 5) is 17.4. The molecule has 0 aliphatic carbocycles. The van der Waals surface area contributed by atoms with E-state index in [1.54, 1.807) is 10.5 Å². The van der Waals surface area contributed by atoms with Crippen LogP contribution in [0.4, 0.5) is 0 Å². The van der Waals surface area contributed by atoms with Gasteiger partial charge in [-0.3, -0.25) is 9.20 Å². The molecular formula is C16H16ClN3OS. The summed E-state index contributed by atoms with van der Waals surface area (Å²) < 4.78 is 1.64. The van der Waals surface area contributed by atoms with Crippen LogP contribution in [-0.4, -0.2) is 9.38 Å². The number of aryl methyl sites for hydroxylation is 1. The van der Waals surface area contributed by atoms with E-state index in [2.05, 4.69) is 17.2 Å². The van der Waals surface area contributed by atoms with Crippen molar-refractivity contribution in [2.75, 3.05) is 0 Å². The van der Waals surface area contributed by atoms with E-state index in [1.807, 2.05) is 36.6 Å². The van der Waals surface area contributed by atoms with Crippen LogP contribution in [0.3, 0.4) is 0 Å². The third-order valence-electron chi connectivity index (χ3n) is 3.59. The number of benzene rings is 1. The second kappa shape index (κ2) is 6.20. The molecule has 22 heavy (non-hydrogen) atoms. The van der Waals surface area contributed by atoms with Crippen molar-refractivity contribution in [3.8, 4) is 0 Å². The molecule has 0 spiro atoms. The molecule has 4 nitrogen and oxygen atoms in total. The molecule has 2 heterocycles. The first-order valence-corrected chi connectivity index (χ1v) is 8.26. The Morgan fingerprint density at radius 3 is 2.82 bits per heavy atom. The fourth-order valence-electron chi connectivity index (χ4n) is 2.32. The van der Waals surface area contributed by atoms with Crippen LogP contribution < -0.4 is 10.9 Å². The number of fused-ring (bicyclic) bond motifs is 1. The fraction of sp³-hybridized carbons (Fsp3) is 0.250. The summed E-state index contributed by atoms with van der Waals surface area (Å²) in [5, 5.41) is 6.05. The zero-order valence-corrected chi connectivity index (χ0v) is 13.9. The Labute approximate surface area is 137 Å². The smallest absolute Gasteiger partial charge is 0.259 e. The van der Waals surface area contributed by atoms with Crippen LogP contribution >= 0.6 is 22.9 Å². The van der Waals surface area contributed by atoms with Crippen molar-refractivity contribution in [1.82, 2.24) is 14.7 Å². The number of nitrogens with one attached hydrogen (secondary N) is 1. The Bertz CT molecular complexity index is 854. The monoisotopic (exact) mass is 333 g/mol. The van der Waals surface area contributed by atoms with Gasteiger partial charge in [0.05, 0.1) is 5.69 Å². The lowest BCUT2D eigenvalue weighted by atomic mass is 10.1. The molecular weight excluding hydrogens is 318 g/mol. The number of hydrogen-bond donors (Lipinski definition) is 1. The van der Waals surface area contributed by atoms with Crippen LogP contribution in [-0.2, 0) is 6.54 Å². The van der Waals surface area contributed by atoms with Crippen LogP contribution in [0.2, 0.25) is 5.02 Å². The number of hydrogen-bond acceptors (Lipinski definition) is 4. The second-order valence-electron chi connectivity index (χ2n) is 5.23. The molecule has 0 amide bonds. The quantitative estimate of drug-likeness (QED) is 0.794. The predicted octanol–water partition coefficient (Wildman–Crippen LogP) is 3.57. The van der Waals surface area contributed by atoms with Gasteiger partial charge in [-0.15, -0.1) is 11.3 Å². The van der Waals surface area contributed by atoms with Crippen LogP contribution in [0.5, 0.6) is 0 Å². The Balaban J connectivity index is 1.76. The van der Waals surface area contributed by atoms with E-state index in [-0.39, 0.29) is 11.6 Å². The summed E-state index contributed by atoms with van der Waals surface area (Å²) in [6.07, 6.45) is 0. The summed E-state index contributed by atoms with van der Waals surface area (Å²) >= 11 is 7.38. The molecule has 0 saturated heterocycles. The van der Waals surface area contributed by atoms with E-state index < -0.39 is 0 Å². The van der Waals surface area contributed by atoms with Crippen LogP contribution in [0.25, 0.3) is 4.96 Å². The fourth-order valence-corrected chi connectivity index (χ4v) is 3.34. The van der Waals surface area contributed by atoms with Gasteiger partial charge >= 0.3 is 0 Å². The molecule has 1 atom stereocenters. The molecule has 0 aliphatic heterocycles. The van der Waals surface area contributed by atoms with E-state index in [0.29, 0.717) is 6.54 Å². The lowest BCUT2D eigenvalue weighted by Gasteiger charge is -2.14. The van der Waals surface area contributed by atoms with Gasteiger partial charge in [0.15, 0.2) is 4.96 Å². The molecule has 1 N–H and O–H groups in total. The molecule has 0 saturated carbocycles. The SMILES string of the molecule is Cc1csc2nc(CN[C@H](C)c3ccc(Cl)cc3)cc(=O)n12. The maximum Gasteiger partial charge on any atom is 0.259 e. The van der Waals surface area contributed by atoms with Crippen molar-refractivity contribution in [3.05, 3.63) is 68.0 Å². The van der Waals surface area contributed by atoms with Gasteiger partial charge in [-0.25, -0.2) is 4.98 Å². The maximum absolute atomic E-state index is 12.1. The molecule has 0 bridgehead atoms. The van der Waals surface area contributed by atoms with Gasteiger partial charge in [-0.05, 0) is 31.5 Å². The van der Waals surface area contributed by atoms with Gasteiger partial charge in [-0.1, -0.05) is 23.7 Å². The minimum atomic E-state index is -0.0281. The van der Waals surface area contributed by atoms with Gasteiger partial charge in [0.2, 0.25) is 0 Å². The summed E-state index contributed by atoms with van der Waals surface area (Å²) in [6, 6.07) is 9.49. The van der Waals surface area contributed by atoms with E-state index in [0.717, 1.165) is 26.9 Å². The molecule has 114 valence electrons. The maximum atomic E-state index is 12.1. The molecule has 0 unspecified atom stereocenters. The first-order chi connectivity index (χ1) is 10.5. The standard InChI is InChI=1S/C16H16ClN3OS/c1-10-9-22-16-19-14(7-15(21)20(10)16)8-18-11(2)12-3-5-13(17)6-4-12/h3-7,9,11,18H,8H2,1-2H3/t11-/m1/s1. The Hall–Kier alpha value is -1.69. The van der Waals surface area contributed by atoms with Gasteiger partial charge in [-0.2, -0.15) is 0 Å². The minimum absolute atomic E-state index is 0.0281. The molecule has 2 aromatic heterocycles. The minimum Gasteiger partial charge on any atom is -0.305 e. The highest BCUT2D eigenvalue weighted by atomic mass is 35.5. The second-order valence-corrected chi connectivity index (χ2v) is 6.51. The Morgan fingerprint density at radius 1 is 1.36 bits per heavy atom. The van der Waals surface area contributed by atoms with Crippen molar-refractivity contribution in [2.45, 2.75) is 26.4 Å². The average Bonchev–Trinajstić information content (AvgIpc) is 2.87. The topological polar surface area (TPSA) is 46.4 Å². The van der Waals surface area contributed by atoms with Gasteiger partial charge in [0.25, 0.3) is 5.56 Å². The highest BCUT2D eigenvalue weighted by Gasteiger charge is 2.09. The van der Waals surface area contributed by atoms with Crippen molar-refractivity contribution in [3.63, 3.8) is 0 Å². The summed E-state index contributed by atoms with van der Waals surface area (Å²) in [7, 11) is 0. The number of nitrogens with zero attached hydrogens (tertiary/aromatic N) is 2. The summed E-state index contributed by atoms with van der Waals surface area (Å²) in [6.45, 7) is 4.53. The summed E-state index contributed by atoms with van der Waals surface area (Å²) in [5.74, 6) is 0. The Morgan fingerprint density at radius 2 is 2.09 bits per heavy atom. The zero-order valence-electron chi connectivity index (χ0n) is 12.3. The molecule has 1 aromatic carbocycles. The third kappa shape index (κ3) is 3.06. The molecule has 6 heteroatoms. The molecule has 0 radical (unpaired) electrons. The lowest BCUT2D eigenvalue weighted by molar-refractivity contribution is 0.567. The number of aromatic nitrogens is 2. The average molecular weight is 334 g/mol. The van der Waals surface area contributed by atoms with E-state index in [1.165, 1.54) is 11.3 Å². The van der Waals surface area contributed by atoms with Crippen LogP contribution in [0.1, 0.15) is 29.9 Å². The predicted molar refractivity (Wildman–Crippen MR) is 90.8 cm³/mol. The molecule has 0 aliphatic rings. The van der Waals surface area contributed by atoms with E-state index in [9.17, 15) is 4.79 Å². The first kappa shape index (κ1) is 15.2. The van der Waals surface area contributed by atoms with Gasteiger partial charge < -0.3 is 5.32 Å². The highest BCUT2D eigenvalue weighted by molar-refractivity contribution is 7.15. The Kier molecular flexibility index (Phi) is 4.29. The number of thiazole rings is 1. The zero-order chi connectivity index (χ0) is 15.7. The van der Waals surface area contributed by atoms with E-state index in [4.69, 9.17) is 11.6 Å². The van der Waals surface area contributed by atoms with Gasteiger partial charge in [0, 0.05) is 34.7 Å².